The van der Waals surface area contributed by atoms with Crippen LogP contribution in [0.2, 0.25) is 10.0 Å². The van der Waals surface area contributed by atoms with Gasteiger partial charge >= 0.3 is 5.97 Å². The van der Waals surface area contributed by atoms with Gasteiger partial charge in [0.15, 0.2) is 0 Å². The molecule has 0 heterocycles. The number of rotatable bonds is 4. The van der Waals surface area contributed by atoms with Gasteiger partial charge in [-0.1, -0.05) is 35.0 Å². The van der Waals surface area contributed by atoms with Crippen molar-refractivity contribution < 1.29 is 9.53 Å². The molecule has 2 aromatic carbocycles. The molecule has 2 aromatic rings. The summed E-state index contributed by atoms with van der Waals surface area (Å²) in [5.74, 6) is -0.436. The van der Waals surface area contributed by atoms with Crippen LogP contribution in [0.15, 0.2) is 46.2 Å². The number of carbonyl (C=O) groups is 1. The highest BCUT2D eigenvalue weighted by Crippen LogP contribution is 2.36. The minimum Gasteiger partial charge on any atom is -0.462 e. The molecule has 0 amide bonds. The molecule has 0 atom stereocenters. The summed E-state index contributed by atoms with van der Waals surface area (Å²) in [6.45, 7) is 2.05. The SMILES string of the molecule is CCOC(=O)c1cc(Sc2cc(Cl)ccc2Cl)ccc1N. The highest BCUT2D eigenvalue weighted by Gasteiger charge is 2.13. The topological polar surface area (TPSA) is 52.3 Å². The lowest BCUT2D eigenvalue weighted by molar-refractivity contribution is 0.0527. The molecule has 2 N–H and O–H groups in total. The molecule has 0 fully saturated rings. The molecule has 0 bridgehead atoms. The number of nitrogen functional groups attached to an aromatic ring is 1. The highest BCUT2D eigenvalue weighted by atomic mass is 35.5. The normalized spacial score (nSPS) is 10.4. The number of halogens is 2. The summed E-state index contributed by atoms with van der Waals surface area (Å²) in [5.41, 5.74) is 6.54. The summed E-state index contributed by atoms with van der Waals surface area (Å²) in [4.78, 5) is 13.5. The lowest BCUT2D eigenvalue weighted by atomic mass is 10.2. The van der Waals surface area contributed by atoms with Crippen LogP contribution in [-0.4, -0.2) is 12.6 Å². The van der Waals surface area contributed by atoms with Crippen LogP contribution in [0.5, 0.6) is 0 Å². The zero-order valence-electron chi connectivity index (χ0n) is 11.2. The summed E-state index contributed by atoms with van der Waals surface area (Å²) >= 11 is 13.5. The average molecular weight is 342 g/mol. The summed E-state index contributed by atoms with van der Waals surface area (Å²) in [7, 11) is 0. The molecule has 0 saturated heterocycles. The standard InChI is InChI=1S/C15H13Cl2NO2S/c1-2-20-15(19)11-8-10(4-6-13(11)18)21-14-7-9(16)3-5-12(14)17/h3-8H,2,18H2,1H3. The van der Waals surface area contributed by atoms with Gasteiger partial charge in [-0.25, -0.2) is 4.79 Å². The summed E-state index contributed by atoms with van der Waals surface area (Å²) in [6.07, 6.45) is 0. The molecule has 0 spiro atoms. The molecule has 0 aliphatic heterocycles. The number of hydrogen-bond acceptors (Lipinski definition) is 4. The number of esters is 1. The van der Waals surface area contributed by atoms with Crippen molar-refractivity contribution in [2.75, 3.05) is 12.3 Å². The van der Waals surface area contributed by atoms with Crippen molar-refractivity contribution in [2.24, 2.45) is 0 Å². The van der Waals surface area contributed by atoms with Gasteiger partial charge in [-0.05, 0) is 43.3 Å². The maximum atomic E-state index is 11.8. The molecule has 0 radical (unpaired) electrons. The van der Waals surface area contributed by atoms with Crippen molar-refractivity contribution in [2.45, 2.75) is 16.7 Å². The molecular weight excluding hydrogens is 329 g/mol. The lowest BCUT2D eigenvalue weighted by Crippen LogP contribution is -2.07. The van der Waals surface area contributed by atoms with Crippen LogP contribution in [0.3, 0.4) is 0 Å². The third-order valence-electron chi connectivity index (χ3n) is 2.64. The first-order chi connectivity index (χ1) is 10.0. The Morgan fingerprint density at radius 2 is 2.00 bits per heavy atom. The summed E-state index contributed by atoms with van der Waals surface area (Å²) in [5, 5.41) is 1.20. The number of benzene rings is 2. The first-order valence-corrected chi connectivity index (χ1v) is 7.78. The zero-order valence-corrected chi connectivity index (χ0v) is 13.6. The predicted molar refractivity (Wildman–Crippen MR) is 87.4 cm³/mol. The van der Waals surface area contributed by atoms with E-state index in [0.717, 1.165) is 9.79 Å². The minimum absolute atomic E-state index is 0.301. The van der Waals surface area contributed by atoms with Gasteiger partial charge in [-0.3, -0.25) is 0 Å². The van der Waals surface area contributed by atoms with Crippen LogP contribution < -0.4 is 5.73 Å². The van der Waals surface area contributed by atoms with Crippen molar-refractivity contribution in [3.63, 3.8) is 0 Å². The quantitative estimate of drug-likeness (QED) is 0.634. The molecule has 0 aliphatic carbocycles. The number of nitrogens with two attached hydrogens (primary N) is 1. The van der Waals surface area contributed by atoms with Crippen LogP contribution in [0.25, 0.3) is 0 Å². The summed E-state index contributed by atoms with van der Waals surface area (Å²) in [6, 6.07) is 10.4. The van der Waals surface area contributed by atoms with E-state index in [1.807, 2.05) is 6.07 Å². The van der Waals surface area contributed by atoms with Crippen molar-refractivity contribution in [3.8, 4) is 0 Å². The Balaban J connectivity index is 2.31. The zero-order chi connectivity index (χ0) is 15.4. The smallest absolute Gasteiger partial charge is 0.340 e. The van der Waals surface area contributed by atoms with Crippen LogP contribution >= 0.6 is 35.0 Å². The molecule has 110 valence electrons. The van der Waals surface area contributed by atoms with Gasteiger partial charge in [0, 0.05) is 20.5 Å². The fraction of sp³-hybridized carbons (Fsp3) is 0.133. The van der Waals surface area contributed by atoms with Gasteiger partial charge in [0.2, 0.25) is 0 Å². The van der Waals surface area contributed by atoms with E-state index in [0.29, 0.717) is 27.9 Å². The van der Waals surface area contributed by atoms with E-state index in [-0.39, 0.29) is 0 Å². The van der Waals surface area contributed by atoms with Gasteiger partial charge in [0.05, 0.1) is 17.2 Å². The fourth-order valence-electron chi connectivity index (χ4n) is 1.67. The van der Waals surface area contributed by atoms with Gasteiger partial charge < -0.3 is 10.5 Å². The molecular formula is C15H13Cl2NO2S. The molecule has 0 aliphatic rings. The second-order valence-electron chi connectivity index (χ2n) is 4.15. The number of anilines is 1. The Hall–Kier alpha value is -1.36. The maximum absolute atomic E-state index is 11.8. The maximum Gasteiger partial charge on any atom is 0.340 e. The van der Waals surface area contributed by atoms with Crippen molar-refractivity contribution in [1.82, 2.24) is 0 Å². The minimum atomic E-state index is -0.436. The third-order valence-corrected chi connectivity index (χ3v) is 4.37. The second kappa shape index (κ2) is 7.07. The Morgan fingerprint density at radius 1 is 1.24 bits per heavy atom. The van der Waals surface area contributed by atoms with Crippen molar-refractivity contribution >= 4 is 46.6 Å². The van der Waals surface area contributed by atoms with Crippen LogP contribution in [0, 0.1) is 0 Å². The predicted octanol–water partition coefficient (Wildman–Crippen LogP) is 4.90. The van der Waals surface area contributed by atoms with Gasteiger partial charge in [0.1, 0.15) is 0 Å². The third kappa shape index (κ3) is 4.06. The monoisotopic (exact) mass is 341 g/mol. The Labute approximate surface area is 137 Å². The van der Waals surface area contributed by atoms with Crippen LogP contribution in [0.1, 0.15) is 17.3 Å². The molecule has 6 heteroatoms. The van der Waals surface area contributed by atoms with E-state index in [9.17, 15) is 4.79 Å². The van der Waals surface area contributed by atoms with Crippen LogP contribution in [-0.2, 0) is 4.74 Å². The van der Waals surface area contributed by atoms with Crippen LogP contribution in [0.4, 0.5) is 5.69 Å². The van der Waals surface area contributed by atoms with E-state index >= 15 is 0 Å². The molecule has 0 saturated carbocycles. The average Bonchev–Trinajstić information content (AvgIpc) is 2.45. The summed E-state index contributed by atoms with van der Waals surface area (Å²) < 4.78 is 4.98. The molecule has 0 aromatic heterocycles. The number of hydrogen-bond donors (Lipinski definition) is 1. The second-order valence-corrected chi connectivity index (χ2v) is 6.11. The van der Waals surface area contributed by atoms with Crippen molar-refractivity contribution in [3.05, 3.63) is 52.0 Å². The van der Waals surface area contributed by atoms with Gasteiger partial charge in [0.25, 0.3) is 0 Å². The fourth-order valence-corrected chi connectivity index (χ4v) is 3.06. The lowest BCUT2D eigenvalue weighted by Gasteiger charge is -2.09. The molecule has 0 unspecified atom stereocenters. The van der Waals surface area contributed by atoms with Gasteiger partial charge in [-0.15, -0.1) is 0 Å². The molecule has 21 heavy (non-hydrogen) atoms. The Bertz CT molecular complexity index is 677. The van der Waals surface area contributed by atoms with E-state index in [1.54, 1.807) is 37.3 Å². The van der Waals surface area contributed by atoms with E-state index in [4.69, 9.17) is 33.7 Å². The largest absolute Gasteiger partial charge is 0.462 e. The highest BCUT2D eigenvalue weighted by molar-refractivity contribution is 7.99. The number of ether oxygens (including phenoxy) is 1. The first-order valence-electron chi connectivity index (χ1n) is 6.20. The Kier molecular flexibility index (Phi) is 5.39. The molecule has 2 rings (SSSR count). The van der Waals surface area contributed by atoms with E-state index < -0.39 is 5.97 Å². The number of carbonyl (C=O) groups excluding carboxylic acids is 1. The first kappa shape index (κ1) is 16.0. The molecule has 3 nitrogen and oxygen atoms in total. The van der Waals surface area contributed by atoms with Gasteiger partial charge in [-0.2, -0.15) is 0 Å². The van der Waals surface area contributed by atoms with E-state index in [1.165, 1.54) is 11.8 Å². The van der Waals surface area contributed by atoms with Crippen molar-refractivity contribution in [1.29, 1.82) is 0 Å². The Morgan fingerprint density at radius 3 is 2.71 bits per heavy atom. The van der Waals surface area contributed by atoms with E-state index in [2.05, 4.69) is 0 Å².